The van der Waals surface area contributed by atoms with Gasteiger partial charge in [-0.1, -0.05) is 31.0 Å². The van der Waals surface area contributed by atoms with Crippen LogP contribution in [0.5, 0.6) is 0 Å². The number of hydrogen-bond acceptors (Lipinski definition) is 7. The average molecular weight is 389 g/mol. The fourth-order valence-electron chi connectivity index (χ4n) is 2.99. The highest BCUT2D eigenvalue weighted by Gasteiger charge is 2.16. The van der Waals surface area contributed by atoms with Gasteiger partial charge in [0, 0.05) is 12.7 Å². The average Bonchev–Trinajstić information content (AvgIpc) is 3.11. The van der Waals surface area contributed by atoms with Gasteiger partial charge in [0.25, 0.3) is 0 Å². The Morgan fingerprint density at radius 3 is 2.63 bits per heavy atom. The molecule has 27 heavy (non-hydrogen) atoms. The van der Waals surface area contributed by atoms with Gasteiger partial charge in [-0.15, -0.1) is 5.10 Å². The van der Waals surface area contributed by atoms with Crippen LogP contribution in [0.1, 0.15) is 42.5 Å². The number of ether oxygens (including phenoxy) is 1. The minimum absolute atomic E-state index is 0.171. The van der Waals surface area contributed by atoms with Gasteiger partial charge in [-0.25, -0.2) is 9.48 Å². The van der Waals surface area contributed by atoms with Crippen LogP contribution in [0.2, 0.25) is 0 Å². The van der Waals surface area contributed by atoms with E-state index in [4.69, 9.17) is 4.74 Å². The summed E-state index contributed by atoms with van der Waals surface area (Å²) in [6, 6.07) is 6.73. The molecule has 0 aliphatic heterocycles. The normalized spacial score (nSPS) is 14.7. The van der Waals surface area contributed by atoms with Crippen molar-refractivity contribution in [1.82, 2.24) is 20.2 Å². The lowest BCUT2D eigenvalue weighted by molar-refractivity contribution is -0.113. The van der Waals surface area contributed by atoms with E-state index in [1.54, 1.807) is 31.3 Å². The molecule has 1 aliphatic rings. The Morgan fingerprint density at radius 2 is 1.96 bits per heavy atom. The molecule has 0 unspecified atom stereocenters. The van der Waals surface area contributed by atoms with Crippen molar-refractivity contribution in [3.8, 4) is 0 Å². The lowest BCUT2D eigenvalue weighted by Gasteiger charge is -2.21. The molecule has 3 rings (SSSR count). The van der Waals surface area contributed by atoms with Gasteiger partial charge in [-0.05, 0) is 53.5 Å². The first-order valence-corrected chi connectivity index (χ1v) is 10.0. The number of aromatic nitrogens is 4. The standard InChI is InChI=1S/C18H23N5O3S/c1-23-18(20-21-22-23)27-12-16(24)19-15-9-7-14(8-10-15)17(25)26-11-13-5-3-2-4-6-13/h7-10,13H,2-6,11-12H2,1H3,(H,19,24). The molecule has 1 aromatic heterocycles. The maximum absolute atomic E-state index is 12.2. The third-order valence-corrected chi connectivity index (χ3v) is 5.50. The van der Waals surface area contributed by atoms with E-state index in [-0.39, 0.29) is 17.6 Å². The van der Waals surface area contributed by atoms with E-state index in [1.807, 2.05) is 0 Å². The third kappa shape index (κ3) is 5.78. The number of amides is 1. The zero-order valence-corrected chi connectivity index (χ0v) is 16.1. The van der Waals surface area contributed by atoms with Crippen molar-refractivity contribution in [3.05, 3.63) is 29.8 Å². The van der Waals surface area contributed by atoms with E-state index in [2.05, 4.69) is 20.8 Å². The number of hydrogen-bond donors (Lipinski definition) is 1. The number of carbonyl (C=O) groups excluding carboxylic acids is 2. The van der Waals surface area contributed by atoms with Crippen LogP contribution >= 0.6 is 11.8 Å². The molecule has 1 amide bonds. The summed E-state index contributed by atoms with van der Waals surface area (Å²) in [6.45, 7) is 0.492. The van der Waals surface area contributed by atoms with Crippen LogP contribution in [0.4, 0.5) is 5.69 Å². The SMILES string of the molecule is Cn1nnnc1SCC(=O)Nc1ccc(C(=O)OCC2CCCCC2)cc1. The summed E-state index contributed by atoms with van der Waals surface area (Å²) in [7, 11) is 1.71. The number of aryl methyl sites for hydroxylation is 1. The zero-order valence-electron chi connectivity index (χ0n) is 15.3. The molecule has 0 spiro atoms. The number of nitrogens with one attached hydrogen (secondary N) is 1. The van der Waals surface area contributed by atoms with Crippen molar-refractivity contribution in [1.29, 1.82) is 0 Å². The van der Waals surface area contributed by atoms with Gasteiger partial charge in [0.15, 0.2) is 0 Å². The largest absolute Gasteiger partial charge is 0.462 e. The Balaban J connectivity index is 1.44. The highest BCUT2D eigenvalue weighted by Crippen LogP contribution is 2.24. The molecule has 1 heterocycles. The van der Waals surface area contributed by atoms with E-state index in [9.17, 15) is 9.59 Å². The lowest BCUT2D eigenvalue weighted by Crippen LogP contribution is -2.17. The highest BCUT2D eigenvalue weighted by atomic mass is 32.2. The number of carbonyl (C=O) groups is 2. The van der Waals surface area contributed by atoms with Crippen LogP contribution in [0.15, 0.2) is 29.4 Å². The van der Waals surface area contributed by atoms with Crippen LogP contribution in [0.25, 0.3) is 0 Å². The molecule has 0 bridgehead atoms. The second-order valence-corrected chi connectivity index (χ2v) is 7.54. The molecule has 0 radical (unpaired) electrons. The second-order valence-electron chi connectivity index (χ2n) is 6.60. The molecule has 1 N–H and O–H groups in total. The van der Waals surface area contributed by atoms with Crippen molar-refractivity contribution in [3.63, 3.8) is 0 Å². The van der Waals surface area contributed by atoms with Crippen LogP contribution in [0, 0.1) is 5.92 Å². The minimum atomic E-state index is -0.316. The monoisotopic (exact) mass is 389 g/mol. The summed E-state index contributed by atoms with van der Waals surface area (Å²) in [5, 5.41) is 14.4. The molecule has 1 fully saturated rings. The summed E-state index contributed by atoms with van der Waals surface area (Å²) in [5.41, 5.74) is 1.11. The first-order chi connectivity index (χ1) is 13.1. The quantitative estimate of drug-likeness (QED) is 0.574. The van der Waals surface area contributed by atoms with Crippen molar-refractivity contribution >= 4 is 29.3 Å². The van der Waals surface area contributed by atoms with E-state index < -0.39 is 0 Å². The van der Waals surface area contributed by atoms with Gasteiger partial charge in [-0.2, -0.15) is 0 Å². The third-order valence-electron chi connectivity index (χ3n) is 4.49. The molecular formula is C18H23N5O3S. The number of nitrogens with zero attached hydrogens (tertiary/aromatic N) is 4. The highest BCUT2D eigenvalue weighted by molar-refractivity contribution is 7.99. The summed E-state index contributed by atoms with van der Waals surface area (Å²) in [6.07, 6.45) is 6.01. The molecule has 1 aliphatic carbocycles. The predicted molar refractivity (Wildman–Crippen MR) is 101 cm³/mol. The Morgan fingerprint density at radius 1 is 1.22 bits per heavy atom. The molecule has 9 heteroatoms. The van der Waals surface area contributed by atoms with Gasteiger partial charge < -0.3 is 10.1 Å². The number of tetrazole rings is 1. The van der Waals surface area contributed by atoms with E-state index in [1.165, 1.54) is 35.7 Å². The molecule has 1 saturated carbocycles. The van der Waals surface area contributed by atoms with Crippen molar-refractivity contribution in [2.45, 2.75) is 37.3 Å². The van der Waals surface area contributed by atoms with Crippen LogP contribution < -0.4 is 5.32 Å². The summed E-state index contributed by atoms with van der Waals surface area (Å²) in [5.74, 6) is 0.196. The first kappa shape index (κ1) is 19.3. The summed E-state index contributed by atoms with van der Waals surface area (Å²) >= 11 is 1.25. The molecule has 1 aromatic carbocycles. The van der Waals surface area contributed by atoms with E-state index >= 15 is 0 Å². The minimum Gasteiger partial charge on any atom is -0.462 e. The number of anilines is 1. The lowest BCUT2D eigenvalue weighted by atomic mass is 9.90. The molecule has 8 nitrogen and oxygen atoms in total. The van der Waals surface area contributed by atoms with Crippen molar-refractivity contribution in [2.75, 3.05) is 17.7 Å². The van der Waals surface area contributed by atoms with Gasteiger partial charge in [0.2, 0.25) is 11.1 Å². The first-order valence-electron chi connectivity index (χ1n) is 9.04. The molecule has 2 aromatic rings. The topological polar surface area (TPSA) is 99.0 Å². The van der Waals surface area contributed by atoms with E-state index in [0.29, 0.717) is 28.9 Å². The molecule has 144 valence electrons. The molecular weight excluding hydrogens is 366 g/mol. The van der Waals surface area contributed by atoms with Crippen LogP contribution in [-0.4, -0.2) is 44.4 Å². The van der Waals surface area contributed by atoms with Gasteiger partial charge in [0.1, 0.15) is 0 Å². The number of rotatable bonds is 7. The number of thioether (sulfide) groups is 1. The summed E-state index contributed by atoms with van der Waals surface area (Å²) < 4.78 is 6.93. The maximum Gasteiger partial charge on any atom is 0.338 e. The van der Waals surface area contributed by atoms with Crippen molar-refractivity contribution < 1.29 is 14.3 Å². The van der Waals surface area contributed by atoms with Gasteiger partial charge in [-0.3, -0.25) is 4.79 Å². The molecule has 0 atom stereocenters. The Bertz CT molecular complexity index is 772. The smallest absolute Gasteiger partial charge is 0.338 e. The Labute approximate surface area is 162 Å². The number of esters is 1. The maximum atomic E-state index is 12.2. The zero-order chi connectivity index (χ0) is 19.1. The predicted octanol–water partition coefficient (Wildman–Crippen LogP) is 2.68. The fourth-order valence-corrected chi connectivity index (χ4v) is 3.64. The second kappa shape index (κ2) is 9.50. The van der Waals surface area contributed by atoms with E-state index in [0.717, 1.165) is 12.8 Å². The Kier molecular flexibility index (Phi) is 6.80. The van der Waals surface area contributed by atoms with Crippen molar-refractivity contribution in [2.24, 2.45) is 13.0 Å². The van der Waals surface area contributed by atoms with Gasteiger partial charge in [0.05, 0.1) is 17.9 Å². The summed E-state index contributed by atoms with van der Waals surface area (Å²) in [4.78, 5) is 24.2. The molecule has 0 saturated heterocycles. The Hall–Kier alpha value is -2.42. The van der Waals surface area contributed by atoms with Crippen LogP contribution in [-0.2, 0) is 16.6 Å². The fraction of sp³-hybridized carbons (Fsp3) is 0.500. The number of benzene rings is 1. The van der Waals surface area contributed by atoms with Gasteiger partial charge >= 0.3 is 5.97 Å². The van der Waals surface area contributed by atoms with Crippen LogP contribution in [0.3, 0.4) is 0 Å².